The molecule has 1 amide bonds. The van der Waals surface area contributed by atoms with Gasteiger partial charge in [0.25, 0.3) is 0 Å². The van der Waals surface area contributed by atoms with Gasteiger partial charge in [0.2, 0.25) is 0 Å². The first-order valence-electron chi connectivity index (χ1n) is 3.48. The van der Waals surface area contributed by atoms with Gasteiger partial charge in [0, 0.05) is 0 Å². The van der Waals surface area contributed by atoms with Gasteiger partial charge in [-0.2, -0.15) is 3.71 Å². The summed E-state index contributed by atoms with van der Waals surface area (Å²) in [6, 6.07) is 0. The van der Waals surface area contributed by atoms with E-state index >= 15 is 0 Å². The van der Waals surface area contributed by atoms with Crippen molar-refractivity contribution in [2.24, 2.45) is 0 Å². The van der Waals surface area contributed by atoms with Gasteiger partial charge in [-0.15, -0.1) is 18.2 Å². The zero-order valence-electron chi connectivity index (χ0n) is 9.09. The van der Waals surface area contributed by atoms with Crippen molar-refractivity contribution in [1.82, 2.24) is 8.77 Å². The van der Waals surface area contributed by atoms with Gasteiger partial charge in [-0.1, -0.05) is 12.2 Å². The minimum Gasteiger partial charge on any atom is -1.00 e. The maximum absolute atomic E-state index is 10.9. The number of nitrogens with zero attached hydrogens (tertiary/aromatic N) is 2. The fraction of sp³-hybridized carbons (Fsp3) is 0.286. The number of rotatable bonds is 5. The predicted molar refractivity (Wildman–Crippen MR) is 59.4 cm³/mol. The van der Waals surface area contributed by atoms with Gasteiger partial charge in [-0.05, 0) is 25.6 Å². The van der Waals surface area contributed by atoms with E-state index in [0.29, 0.717) is 13.1 Å². The maximum atomic E-state index is 10.9. The van der Waals surface area contributed by atoms with E-state index in [9.17, 15) is 4.79 Å². The molecule has 0 aromatic carbocycles. The van der Waals surface area contributed by atoms with E-state index < -0.39 is 6.09 Å². The molecule has 0 spiro atoms. The number of hydrogen-bond donors (Lipinski definition) is 2. The molecule has 4 nitrogen and oxygen atoms in total. The number of hydrogen-bond acceptors (Lipinski definition) is 5. The number of hydroxylamine groups is 2. The fourth-order valence-electron chi connectivity index (χ4n) is 0.584. The molecule has 0 saturated carbocycles. The van der Waals surface area contributed by atoms with E-state index in [1.165, 1.54) is 5.06 Å². The SMILES string of the molecule is C=CCN(CC=C)OC(=O)N(S)S.[H-].[Na+]. The molecule has 0 bridgehead atoms. The second-order valence-electron chi connectivity index (χ2n) is 2.07. The first kappa shape index (κ1) is 16.8. The Bertz CT molecular complexity index is 197. The molecule has 0 radical (unpaired) electrons. The van der Waals surface area contributed by atoms with Gasteiger partial charge < -0.3 is 6.26 Å². The standard InChI is InChI=1S/C7H12N2O2S2.Na.H/c1-3-5-8(6-4-2)11-7(10)9(12)13;;/h3-4,12-13H,1-2,5-6H2;;/q;+1;-1. The molecule has 7 heteroatoms. The van der Waals surface area contributed by atoms with Gasteiger partial charge in [-0.3, -0.25) is 0 Å². The molecular formula is C7H13N2NaO2S2. The van der Waals surface area contributed by atoms with Crippen LogP contribution in [0.25, 0.3) is 0 Å². The van der Waals surface area contributed by atoms with Gasteiger partial charge in [0.15, 0.2) is 0 Å². The molecule has 0 saturated heterocycles. The topological polar surface area (TPSA) is 32.8 Å². The Morgan fingerprint density at radius 2 is 1.79 bits per heavy atom. The molecule has 0 aromatic rings. The summed E-state index contributed by atoms with van der Waals surface area (Å²) in [5.41, 5.74) is 0. The second-order valence-corrected chi connectivity index (χ2v) is 3.19. The molecule has 0 aliphatic heterocycles. The van der Waals surface area contributed by atoms with Crippen LogP contribution in [-0.4, -0.2) is 28.0 Å². The maximum Gasteiger partial charge on any atom is 1.00 e. The normalized spacial score (nSPS) is 8.79. The van der Waals surface area contributed by atoms with Crippen LogP contribution in [0.2, 0.25) is 0 Å². The summed E-state index contributed by atoms with van der Waals surface area (Å²) in [7, 11) is 0. The van der Waals surface area contributed by atoms with Crippen LogP contribution < -0.4 is 29.6 Å². The smallest absolute Gasteiger partial charge is 1.00 e. The average molecular weight is 244 g/mol. The third-order valence-corrected chi connectivity index (χ3v) is 1.36. The summed E-state index contributed by atoms with van der Waals surface area (Å²) in [5, 5.41) is 1.38. The Kier molecular flexibility index (Phi) is 12.0. The van der Waals surface area contributed by atoms with Crippen molar-refractivity contribution < 1.29 is 40.6 Å². The van der Waals surface area contributed by atoms with E-state index in [4.69, 9.17) is 4.84 Å². The van der Waals surface area contributed by atoms with Gasteiger partial charge >= 0.3 is 35.7 Å². The van der Waals surface area contributed by atoms with Crippen LogP contribution in [0.15, 0.2) is 25.3 Å². The fourth-order valence-corrected chi connectivity index (χ4v) is 0.657. The van der Waals surface area contributed by atoms with Gasteiger partial charge in [-0.25, -0.2) is 4.79 Å². The quantitative estimate of drug-likeness (QED) is 0.276. The van der Waals surface area contributed by atoms with Crippen LogP contribution in [0.5, 0.6) is 0 Å². The molecule has 0 unspecified atom stereocenters. The summed E-state index contributed by atoms with van der Waals surface area (Å²) in [6.45, 7) is 7.88. The van der Waals surface area contributed by atoms with Crippen molar-refractivity contribution >= 4 is 31.7 Å². The third-order valence-electron chi connectivity index (χ3n) is 1.04. The van der Waals surface area contributed by atoms with Gasteiger partial charge in [0.1, 0.15) is 0 Å². The minimum atomic E-state index is -0.671. The predicted octanol–water partition coefficient (Wildman–Crippen LogP) is -1.18. The van der Waals surface area contributed by atoms with Gasteiger partial charge in [0.05, 0.1) is 13.1 Å². The van der Waals surface area contributed by atoms with E-state index in [2.05, 4.69) is 38.8 Å². The Morgan fingerprint density at radius 3 is 2.07 bits per heavy atom. The van der Waals surface area contributed by atoms with Crippen LogP contribution in [0.1, 0.15) is 1.43 Å². The number of carbonyl (C=O) groups is 1. The zero-order chi connectivity index (χ0) is 10.3. The van der Waals surface area contributed by atoms with E-state index in [0.717, 1.165) is 3.71 Å². The second kappa shape index (κ2) is 9.95. The summed E-state index contributed by atoms with van der Waals surface area (Å²) in [4.78, 5) is 15.8. The van der Waals surface area contributed by atoms with Crippen LogP contribution in [-0.2, 0) is 4.84 Å². The molecule has 0 heterocycles. The van der Waals surface area contributed by atoms with Crippen LogP contribution >= 0.6 is 25.6 Å². The van der Waals surface area contributed by atoms with Crippen molar-refractivity contribution in [1.29, 1.82) is 0 Å². The van der Waals surface area contributed by atoms with Crippen LogP contribution in [0, 0.1) is 0 Å². The Hall–Kier alpha value is 0.410. The molecule has 0 fully saturated rings. The van der Waals surface area contributed by atoms with Crippen molar-refractivity contribution in [3.05, 3.63) is 25.3 Å². The van der Waals surface area contributed by atoms with E-state index in [1.807, 2.05) is 0 Å². The Balaban J connectivity index is -0.000000720. The molecule has 0 aromatic heterocycles. The van der Waals surface area contributed by atoms with E-state index in [-0.39, 0.29) is 31.0 Å². The zero-order valence-corrected chi connectivity index (χ0v) is 11.9. The summed E-state index contributed by atoms with van der Waals surface area (Å²) >= 11 is 7.30. The van der Waals surface area contributed by atoms with Crippen molar-refractivity contribution in [3.8, 4) is 0 Å². The third kappa shape index (κ3) is 7.78. The molecule has 0 atom stereocenters. The summed E-state index contributed by atoms with van der Waals surface area (Å²) < 4.78 is 0.749. The first-order chi connectivity index (χ1) is 6.11. The van der Waals surface area contributed by atoms with Crippen LogP contribution in [0.4, 0.5) is 4.79 Å². The molecule has 76 valence electrons. The summed E-state index contributed by atoms with van der Waals surface area (Å²) in [5.74, 6) is 0. The summed E-state index contributed by atoms with van der Waals surface area (Å²) in [6.07, 6.45) is 2.55. The van der Waals surface area contributed by atoms with E-state index in [1.54, 1.807) is 12.2 Å². The average Bonchev–Trinajstić information content (AvgIpc) is 2.05. The number of thiol groups is 2. The Morgan fingerprint density at radius 1 is 1.36 bits per heavy atom. The molecule has 0 N–H and O–H groups in total. The Labute approximate surface area is 119 Å². The first-order valence-corrected chi connectivity index (χ1v) is 4.28. The molecular weight excluding hydrogens is 231 g/mol. The molecule has 14 heavy (non-hydrogen) atoms. The number of carbonyl (C=O) groups excluding carboxylic acids is 1. The molecule has 0 rings (SSSR count). The van der Waals surface area contributed by atoms with Crippen molar-refractivity contribution in [2.75, 3.05) is 13.1 Å². The molecule has 0 aliphatic rings. The van der Waals surface area contributed by atoms with Crippen molar-refractivity contribution in [3.63, 3.8) is 0 Å². The van der Waals surface area contributed by atoms with Crippen molar-refractivity contribution in [2.45, 2.75) is 0 Å². The largest absolute Gasteiger partial charge is 1.00 e. The van der Waals surface area contributed by atoms with Crippen LogP contribution in [0.3, 0.4) is 0 Å². The molecule has 0 aliphatic carbocycles. The number of amides is 1. The minimum absolute atomic E-state index is 0. The monoisotopic (exact) mass is 244 g/mol.